The summed E-state index contributed by atoms with van der Waals surface area (Å²) in [5.41, 5.74) is 0. The molecule has 1 aliphatic rings. The van der Waals surface area contributed by atoms with Gasteiger partial charge in [0, 0.05) is 19.7 Å². The first kappa shape index (κ1) is 15.0. The van der Waals surface area contributed by atoms with Crippen LogP contribution >= 0.6 is 0 Å². The Bertz CT molecular complexity index is 285. The second-order valence-electron chi connectivity index (χ2n) is 5.15. The molecule has 1 heterocycles. The Kier molecular flexibility index (Phi) is 6.12. The Hall–Kier alpha value is -1.10. The zero-order valence-electron chi connectivity index (χ0n) is 11.2. The molecule has 0 saturated carbocycles. The van der Waals surface area contributed by atoms with Gasteiger partial charge in [-0.25, -0.2) is 0 Å². The van der Waals surface area contributed by atoms with Gasteiger partial charge in [-0.3, -0.25) is 9.59 Å². The molecule has 0 aromatic heterocycles. The fourth-order valence-electron chi connectivity index (χ4n) is 1.95. The average molecular weight is 257 g/mol. The third-order valence-electron chi connectivity index (χ3n) is 3.09. The zero-order chi connectivity index (χ0) is 13.5. The van der Waals surface area contributed by atoms with Crippen molar-refractivity contribution >= 4 is 11.9 Å². The predicted molar refractivity (Wildman–Crippen MR) is 67.3 cm³/mol. The van der Waals surface area contributed by atoms with Gasteiger partial charge in [-0.2, -0.15) is 0 Å². The summed E-state index contributed by atoms with van der Waals surface area (Å²) in [4.78, 5) is 24.4. The average Bonchev–Trinajstić information content (AvgIpc) is 2.81. The van der Waals surface area contributed by atoms with Gasteiger partial charge in [-0.1, -0.05) is 13.8 Å². The Labute approximate surface area is 108 Å². The highest BCUT2D eigenvalue weighted by atomic mass is 16.5. The van der Waals surface area contributed by atoms with Crippen molar-refractivity contribution in [2.75, 3.05) is 19.7 Å². The van der Waals surface area contributed by atoms with Gasteiger partial charge in [0.2, 0.25) is 0 Å². The van der Waals surface area contributed by atoms with E-state index in [0.29, 0.717) is 19.1 Å². The lowest BCUT2D eigenvalue weighted by atomic mass is 10.1. The number of hydrogen-bond acceptors (Lipinski definition) is 3. The molecule has 5 heteroatoms. The van der Waals surface area contributed by atoms with E-state index in [9.17, 15) is 9.59 Å². The number of hydrogen-bond donors (Lipinski definition) is 1. The van der Waals surface area contributed by atoms with Gasteiger partial charge in [-0.05, 0) is 25.2 Å². The molecule has 1 atom stereocenters. The second kappa shape index (κ2) is 7.36. The molecule has 1 saturated heterocycles. The SMILES string of the molecule is CC(C)CCN(CCC(=O)O)C(=O)C1CCCO1. The minimum absolute atomic E-state index is 0.00342. The summed E-state index contributed by atoms with van der Waals surface area (Å²) >= 11 is 0. The molecule has 0 aromatic rings. The summed E-state index contributed by atoms with van der Waals surface area (Å²) in [5.74, 6) is -0.422. The molecular weight excluding hydrogens is 234 g/mol. The number of carboxylic acids is 1. The smallest absolute Gasteiger partial charge is 0.305 e. The van der Waals surface area contributed by atoms with Crippen molar-refractivity contribution < 1.29 is 19.4 Å². The second-order valence-corrected chi connectivity index (χ2v) is 5.15. The van der Waals surface area contributed by atoms with Crippen LogP contribution in [0.3, 0.4) is 0 Å². The van der Waals surface area contributed by atoms with E-state index in [1.54, 1.807) is 4.90 Å². The number of aliphatic carboxylic acids is 1. The van der Waals surface area contributed by atoms with Crippen LogP contribution in [0.25, 0.3) is 0 Å². The molecule has 0 aliphatic carbocycles. The largest absolute Gasteiger partial charge is 0.481 e. The summed E-state index contributed by atoms with van der Waals surface area (Å²) in [6, 6.07) is 0. The molecule has 1 N–H and O–H groups in total. The van der Waals surface area contributed by atoms with Gasteiger partial charge >= 0.3 is 5.97 Å². The molecule has 0 bridgehead atoms. The lowest BCUT2D eigenvalue weighted by molar-refractivity contribution is -0.143. The van der Waals surface area contributed by atoms with Gasteiger partial charge < -0.3 is 14.7 Å². The van der Waals surface area contributed by atoms with Crippen molar-refractivity contribution in [3.05, 3.63) is 0 Å². The molecule has 104 valence electrons. The minimum atomic E-state index is -0.871. The van der Waals surface area contributed by atoms with Crippen molar-refractivity contribution in [2.45, 2.75) is 45.6 Å². The normalized spacial score (nSPS) is 19.2. The highest BCUT2D eigenvalue weighted by Crippen LogP contribution is 2.16. The number of nitrogens with zero attached hydrogens (tertiary/aromatic N) is 1. The molecule has 1 unspecified atom stereocenters. The van der Waals surface area contributed by atoms with Crippen LogP contribution in [-0.4, -0.2) is 47.7 Å². The summed E-state index contributed by atoms with van der Waals surface area (Å²) in [5, 5.41) is 8.72. The highest BCUT2D eigenvalue weighted by Gasteiger charge is 2.28. The van der Waals surface area contributed by atoms with Crippen molar-refractivity contribution in [2.24, 2.45) is 5.92 Å². The predicted octanol–water partition coefficient (Wildman–Crippen LogP) is 1.51. The highest BCUT2D eigenvalue weighted by molar-refractivity contribution is 5.81. The van der Waals surface area contributed by atoms with Crippen molar-refractivity contribution in [1.82, 2.24) is 4.90 Å². The summed E-state index contributed by atoms with van der Waals surface area (Å²) in [7, 11) is 0. The Morgan fingerprint density at radius 2 is 2.11 bits per heavy atom. The van der Waals surface area contributed by atoms with Crippen LogP contribution in [0.2, 0.25) is 0 Å². The molecular formula is C13H23NO4. The van der Waals surface area contributed by atoms with Crippen LogP contribution < -0.4 is 0 Å². The van der Waals surface area contributed by atoms with E-state index >= 15 is 0 Å². The van der Waals surface area contributed by atoms with E-state index in [-0.39, 0.29) is 25.0 Å². The molecule has 1 amide bonds. The maximum absolute atomic E-state index is 12.2. The van der Waals surface area contributed by atoms with E-state index in [0.717, 1.165) is 19.3 Å². The van der Waals surface area contributed by atoms with Crippen LogP contribution in [0.4, 0.5) is 0 Å². The Morgan fingerprint density at radius 1 is 1.39 bits per heavy atom. The van der Waals surface area contributed by atoms with Gasteiger partial charge in [0.25, 0.3) is 5.91 Å². The number of carbonyl (C=O) groups excluding carboxylic acids is 1. The van der Waals surface area contributed by atoms with Gasteiger partial charge in [0.15, 0.2) is 0 Å². The molecule has 1 rings (SSSR count). The summed E-state index contributed by atoms with van der Waals surface area (Å²) < 4.78 is 5.37. The Morgan fingerprint density at radius 3 is 2.61 bits per heavy atom. The number of carbonyl (C=O) groups is 2. The molecule has 1 aliphatic heterocycles. The third-order valence-corrected chi connectivity index (χ3v) is 3.09. The summed E-state index contributed by atoms with van der Waals surface area (Å²) in [6.45, 7) is 5.70. The monoisotopic (exact) mass is 257 g/mol. The van der Waals surface area contributed by atoms with E-state index in [2.05, 4.69) is 13.8 Å². The van der Waals surface area contributed by atoms with E-state index in [1.807, 2.05) is 0 Å². The lowest BCUT2D eigenvalue weighted by Crippen LogP contribution is -2.41. The van der Waals surface area contributed by atoms with Gasteiger partial charge in [-0.15, -0.1) is 0 Å². The number of ether oxygens (including phenoxy) is 1. The van der Waals surface area contributed by atoms with Gasteiger partial charge in [0.1, 0.15) is 6.10 Å². The maximum Gasteiger partial charge on any atom is 0.305 e. The zero-order valence-corrected chi connectivity index (χ0v) is 11.2. The van der Waals surface area contributed by atoms with E-state index in [4.69, 9.17) is 9.84 Å². The van der Waals surface area contributed by atoms with Crippen LogP contribution in [0.15, 0.2) is 0 Å². The number of rotatable bonds is 7. The molecule has 0 radical (unpaired) electrons. The molecule has 0 spiro atoms. The molecule has 0 aromatic carbocycles. The molecule has 18 heavy (non-hydrogen) atoms. The molecule has 1 fully saturated rings. The van der Waals surface area contributed by atoms with Crippen molar-refractivity contribution in [3.8, 4) is 0 Å². The standard InChI is InChI=1S/C13H23NO4/c1-10(2)5-7-14(8-6-12(15)16)13(17)11-4-3-9-18-11/h10-11H,3-9H2,1-2H3,(H,15,16). The first-order valence-corrected chi connectivity index (χ1v) is 6.63. The first-order valence-electron chi connectivity index (χ1n) is 6.63. The van der Waals surface area contributed by atoms with Crippen LogP contribution in [0.1, 0.15) is 39.5 Å². The lowest BCUT2D eigenvalue weighted by Gasteiger charge is -2.25. The Balaban J connectivity index is 2.50. The topological polar surface area (TPSA) is 66.8 Å². The van der Waals surface area contributed by atoms with Crippen molar-refractivity contribution in [3.63, 3.8) is 0 Å². The quantitative estimate of drug-likeness (QED) is 0.751. The molecule has 5 nitrogen and oxygen atoms in total. The maximum atomic E-state index is 12.2. The van der Waals surface area contributed by atoms with Crippen molar-refractivity contribution in [1.29, 1.82) is 0 Å². The fourth-order valence-corrected chi connectivity index (χ4v) is 1.95. The van der Waals surface area contributed by atoms with Crippen LogP contribution in [0.5, 0.6) is 0 Å². The van der Waals surface area contributed by atoms with E-state index < -0.39 is 5.97 Å². The number of carboxylic acid groups (broad SMARTS) is 1. The van der Waals surface area contributed by atoms with Crippen LogP contribution in [-0.2, 0) is 14.3 Å². The third kappa shape index (κ3) is 5.04. The summed E-state index contributed by atoms with van der Waals surface area (Å²) in [6.07, 6.45) is 2.19. The van der Waals surface area contributed by atoms with Gasteiger partial charge in [0.05, 0.1) is 6.42 Å². The minimum Gasteiger partial charge on any atom is -0.481 e. The van der Waals surface area contributed by atoms with E-state index in [1.165, 1.54) is 0 Å². The van der Waals surface area contributed by atoms with Crippen LogP contribution in [0, 0.1) is 5.92 Å². The fraction of sp³-hybridized carbons (Fsp3) is 0.846. The first-order chi connectivity index (χ1) is 8.50. The number of amides is 1.